The molecule has 0 heterocycles. The third kappa shape index (κ3) is 7.31. The molecule has 1 aliphatic rings. The van der Waals surface area contributed by atoms with Gasteiger partial charge in [-0.2, -0.15) is 0 Å². The Morgan fingerprint density at radius 2 is 1.40 bits per heavy atom. The first-order chi connectivity index (χ1) is 9.83. The fourth-order valence-electron chi connectivity index (χ4n) is 3.26. The summed E-state index contributed by atoms with van der Waals surface area (Å²) in [6.07, 6.45) is 15.9. The molecule has 0 amide bonds. The van der Waals surface area contributed by atoms with Crippen LogP contribution in [0.15, 0.2) is 0 Å². The normalized spacial score (nSPS) is 21.1. The molecule has 0 aromatic heterocycles. The van der Waals surface area contributed by atoms with Gasteiger partial charge in [-0.1, -0.05) is 57.8 Å². The van der Waals surface area contributed by atoms with Gasteiger partial charge in [-0.05, 0) is 19.8 Å². The van der Waals surface area contributed by atoms with Gasteiger partial charge in [0.1, 0.15) is 0 Å². The van der Waals surface area contributed by atoms with Crippen molar-refractivity contribution < 1.29 is 0 Å². The minimum Gasteiger partial charge on any atom is -0.329 e. The quantitative estimate of drug-likeness (QED) is 0.603. The highest BCUT2D eigenvalue weighted by atomic mass is 15.0. The maximum Gasteiger partial charge on any atom is 0.0304 e. The molecule has 2 nitrogen and oxygen atoms in total. The summed E-state index contributed by atoms with van der Waals surface area (Å²) in [5.41, 5.74) is 6.31. The number of hydrogen-bond donors (Lipinski definition) is 2. The van der Waals surface area contributed by atoms with Gasteiger partial charge in [-0.15, -0.1) is 11.8 Å². The van der Waals surface area contributed by atoms with Gasteiger partial charge < -0.3 is 11.1 Å². The lowest BCUT2D eigenvalue weighted by atomic mass is 9.85. The third-order valence-corrected chi connectivity index (χ3v) is 4.63. The molecular formula is C18H34N2. The zero-order chi connectivity index (χ0) is 14.5. The molecule has 1 fully saturated rings. The van der Waals surface area contributed by atoms with E-state index in [-0.39, 0.29) is 5.54 Å². The Morgan fingerprint density at radius 1 is 0.900 bits per heavy atom. The maximum absolute atomic E-state index is 6.13. The standard InChI is InChI=1S/C18H34N2/c1-2-3-13-16-20-18(17-19)14-11-9-7-5-4-6-8-10-12-15-18/h20H,4-17,19H2,1H3. The molecule has 0 saturated heterocycles. The second-order valence-electron chi connectivity index (χ2n) is 6.27. The molecule has 0 bridgehead atoms. The number of rotatable bonds is 4. The molecule has 0 unspecified atom stereocenters. The van der Waals surface area contributed by atoms with E-state index in [1.807, 2.05) is 6.92 Å². The SMILES string of the molecule is CC#CCCNC1(CN)CCCCCCCCCCC1. The van der Waals surface area contributed by atoms with Crippen molar-refractivity contribution in [2.24, 2.45) is 5.73 Å². The van der Waals surface area contributed by atoms with Crippen molar-refractivity contribution in [2.75, 3.05) is 13.1 Å². The van der Waals surface area contributed by atoms with Crippen molar-refractivity contribution in [1.82, 2.24) is 5.32 Å². The summed E-state index contributed by atoms with van der Waals surface area (Å²) >= 11 is 0. The molecule has 20 heavy (non-hydrogen) atoms. The molecule has 2 heteroatoms. The summed E-state index contributed by atoms with van der Waals surface area (Å²) in [6.45, 7) is 3.67. The van der Waals surface area contributed by atoms with E-state index in [0.29, 0.717) is 0 Å². The number of nitrogens with two attached hydrogens (primary N) is 1. The van der Waals surface area contributed by atoms with E-state index in [2.05, 4.69) is 17.2 Å². The minimum atomic E-state index is 0.175. The van der Waals surface area contributed by atoms with Gasteiger partial charge >= 0.3 is 0 Å². The predicted molar refractivity (Wildman–Crippen MR) is 88.6 cm³/mol. The molecular weight excluding hydrogens is 244 g/mol. The Bertz CT molecular complexity index is 276. The van der Waals surface area contributed by atoms with Crippen LogP contribution in [0.25, 0.3) is 0 Å². The van der Waals surface area contributed by atoms with Gasteiger partial charge in [-0.3, -0.25) is 0 Å². The third-order valence-electron chi connectivity index (χ3n) is 4.63. The largest absolute Gasteiger partial charge is 0.329 e. The second-order valence-corrected chi connectivity index (χ2v) is 6.27. The van der Waals surface area contributed by atoms with E-state index in [1.165, 1.54) is 70.6 Å². The van der Waals surface area contributed by atoms with Crippen LogP contribution in [-0.2, 0) is 0 Å². The summed E-state index contributed by atoms with van der Waals surface area (Å²) in [4.78, 5) is 0. The second kappa shape index (κ2) is 11.2. The molecule has 0 atom stereocenters. The fraction of sp³-hybridized carbons (Fsp3) is 0.889. The topological polar surface area (TPSA) is 38.0 Å². The molecule has 1 rings (SSSR count). The molecule has 116 valence electrons. The van der Waals surface area contributed by atoms with Gasteiger partial charge in [0.2, 0.25) is 0 Å². The van der Waals surface area contributed by atoms with Crippen LogP contribution >= 0.6 is 0 Å². The van der Waals surface area contributed by atoms with E-state index in [1.54, 1.807) is 0 Å². The van der Waals surface area contributed by atoms with Crippen LogP contribution in [0, 0.1) is 11.8 Å². The van der Waals surface area contributed by atoms with Crippen LogP contribution in [0.1, 0.15) is 84.0 Å². The van der Waals surface area contributed by atoms with Crippen LogP contribution in [0.4, 0.5) is 0 Å². The molecule has 0 aromatic rings. The summed E-state index contributed by atoms with van der Waals surface area (Å²) < 4.78 is 0. The molecule has 0 radical (unpaired) electrons. The van der Waals surface area contributed by atoms with Crippen molar-refractivity contribution in [2.45, 2.75) is 89.5 Å². The molecule has 1 saturated carbocycles. The lowest BCUT2D eigenvalue weighted by Gasteiger charge is -2.34. The summed E-state index contributed by atoms with van der Waals surface area (Å²) in [5.74, 6) is 6.11. The first-order valence-corrected chi connectivity index (χ1v) is 8.68. The average Bonchev–Trinajstić information content (AvgIpc) is 2.46. The summed E-state index contributed by atoms with van der Waals surface area (Å²) in [5, 5.41) is 3.74. The van der Waals surface area contributed by atoms with Crippen molar-refractivity contribution >= 4 is 0 Å². The van der Waals surface area contributed by atoms with Gasteiger partial charge in [0, 0.05) is 25.0 Å². The molecule has 0 spiro atoms. The maximum atomic E-state index is 6.13. The van der Waals surface area contributed by atoms with Crippen LogP contribution < -0.4 is 11.1 Å². The Labute approximate surface area is 126 Å². The monoisotopic (exact) mass is 278 g/mol. The molecule has 0 aromatic carbocycles. The Balaban J connectivity index is 2.47. The molecule has 3 N–H and O–H groups in total. The van der Waals surface area contributed by atoms with Crippen molar-refractivity contribution in [3.63, 3.8) is 0 Å². The van der Waals surface area contributed by atoms with E-state index in [0.717, 1.165) is 19.5 Å². The fourth-order valence-corrected chi connectivity index (χ4v) is 3.26. The zero-order valence-electron chi connectivity index (χ0n) is 13.5. The lowest BCUT2D eigenvalue weighted by Crippen LogP contribution is -2.51. The predicted octanol–water partition coefficient (Wildman–Crippen LogP) is 3.99. The smallest absolute Gasteiger partial charge is 0.0304 e. The van der Waals surface area contributed by atoms with E-state index in [4.69, 9.17) is 5.73 Å². The van der Waals surface area contributed by atoms with Crippen LogP contribution in [0.5, 0.6) is 0 Å². The zero-order valence-corrected chi connectivity index (χ0v) is 13.5. The van der Waals surface area contributed by atoms with Gasteiger partial charge in [0.15, 0.2) is 0 Å². The first-order valence-electron chi connectivity index (χ1n) is 8.68. The summed E-state index contributed by atoms with van der Waals surface area (Å²) in [6, 6.07) is 0. The number of nitrogens with one attached hydrogen (secondary N) is 1. The Hall–Kier alpha value is -0.520. The van der Waals surface area contributed by atoms with E-state index < -0.39 is 0 Å². The van der Waals surface area contributed by atoms with Crippen molar-refractivity contribution in [3.05, 3.63) is 0 Å². The van der Waals surface area contributed by atoms with Crippen molar-refractivity contribution in [1.29, 1.82) is 0 Å². The van der Waals surface area contributed by atoms with Crippen molar-refractivity contribution in [3.8, 4) is 11.8 Å². The van der Waals surface area contributed by atoms with E-state index >= 15 is 0 Å². The van der Waals surface area contributed by atoms with Crippen LogP contribution in [0.3, 0.4) is 0 Å². The lowest BCUT2D eigenvalue weighted by molar-refractivity contribution is 0.269. The van der Waals surface area contributed by atoms with E-state index in [9.17, 15) is 0 Å². The summed E-state index contributed by atoms with van der Waals surface area (Å²) in [7, 11) is 0. The van der Waals surface area contributed by atoms with Gasteiger partial charge in [0.05, 0.1) is 0 Å². The highest BCUT2D eigenvalue weighted by molar-refractivity contribution is 4.97. The van der Waals surface area contributed by atoms with Crippen LogP contribution in [-0.4, -0.2) is 18.6 Å². The number of hydrogen-bond acceptors (Lipinski definition) is 2. The highest BCUT2D eigenvalue weighted by Crippen LogP contribution is 2.24. The Morgan fingerprint density at radius 3 is 1.85 bits per heavy atom. The first kappa shape index (κ1) is 17.5. The average molecular weight is 278 g/mol. The molecule has 1 aliphatic carbocycles. The molecule has 0 aliphatic heterocycles. The Kier molecular flexibility index (Phi) is 9.79. The van der Waals surface area contributed by atoms with Crippen LogP contribution in [0.2, 0.25) is 0 Å². The van der Waals surface area contributed by atoms with Gasteiger partial charge in [-0.25, -0.2) is 0 Å². The minimum absolute atomic E-state index is 0.175. The highest BCUT2D eigenvalue weighted by Gasteiger charge is 2.26. The van der Waals surface area contributed by atoms with Gasteiger partial charge in [0.25, 0.3) is 0 Å².